The molecule has 0 radical (unpaired) electrons. The second-order valence-electron chi connectivity index (χ2n) is 7.56. The summed E-state index contributed by atoms with van der Waals surface area (Å²) >= 11 is 1.89. The van der Waals surface area contributed by atoms with E-state index in [0.29, 0.717) is 0 Å². The molecule has 1 N–H and O–H groups in total. The van der Waals surface area contributed by atoms with Gasteiger partial charge in [0.1, 0.15) is 6.54 Å². The van der Waals surface area contributed by atoms with Gasteiger partial charge in [-0.25, -0.2) is 9.55 Å². The van der Waals surface area contributed by atoms with E-state index >= 15 is 0 Å². The minimum atomic E-state index is 0.996. The molecule has 0 amide bonds. The summed E-state index contributed by atoms with van der Waals surface area (Å²) < 4.78 is 2.26. The number of H-pyrrole nitrogens is 1. The monoisotopic (exact) mass is 411 g/mol. The molecule has 0 saturated carbocycles. The van der Waals surface area contributed by atoms with Crippen LogP contribution < -0.4 is 14.5 Å². The van der Waals surface area contributed by atoms with Crippen LogP contribution in [0.2, 0.25) is 0 Å². The fourth-order valence-corrected chi connectivity index (χ4v) is 5.32. The molecule has 148 valence electrons. The molecule has 0 bridgehead atoms. The maximum atomic E-state index is 3.37. The van der Waals surface area contributed by atoms with Gasteiger partial charge in [-0.05, 0) is 36.3 Å². The zero-order valence-electron chi connectivity index (χ0n) is 17.1. The summed E-state index contributed by atoms with van der Waals surface area (Å²) in [5.74, 6) is 0. The predicted molar refractivity (Wildman–Crippen MR) is 124 cm³/mol. The number of benzene rings is 2. The molecule has 3 nitrogen and oxygen atoms in total. The highest BCUT2D eigenvalue weighted by atomic mass is 32.2. The van der Waals surface area contributed by atoms with Crippen molar-refractivity contribution in [2.24, 2.45) is 0 Å². The molecule has 1 aliphatic rings. The molecule has 0 unspecified atom stereocenters. The standard InChI is InChI=1S/C26H24N3S/c1-20(21-14-15-27-23-11-4-3-10-22(21)23)26-29(24-12-5-6-13-25(24)30-26)19-9-18-28-16-7-2-8-17-28/h2-8,10-17H,9,18-19H2,1H3/q+1/p+1. The number of aryl methyl sites for hydroxylation is 1. The van der Waals surface area contributed by atoms with Crippen LogP contribution >= 0.6 is 11.8 Å². The van der Waals surface area contributed by atoms with Crippen LogP contribution in [0.5, 0.6) is 0 Å². The number of nitrogens with one attached hydrogen (secondary N) is 1. The number of rotatable bonds is 5. The number of allylic oxidation sites excluding steroid dienone is 1. The van der Waals surface area contributed by atoms with Gasteiger partial charge in [0, 0.05) is 42.1 Å². The van der Waals surface area contributed by atoms with Crippen molar-refractivity contribution in [1.82, 2.24) is 0 Å². The number of anilines is 1. The molecule has 0 saturated heterocycles. The molecule has 2 aromatic carbocycles. The molecular weight excluding hydrogens is 386 g/mol. The third-order valence-corrected chi connectivity index (χ3v) is 6.90. The maximum Gasteiger partial charge on any atom is 0.211 e. The number of aromatic amines is 1. The molecule has 30 heavy (non-hydrogen) atoms. The first kappa shape index (κ1) is 18.9. The van der Waals surface area contributed by atoms with Crippen LogP contribution in [0.15, 0.2) is 101 Å². The lowest BCUT2D eigenvalue weighted by Gasteiger charge is -2.22. The molecule has 1 aliphatic heterocycles. The van der Waals surface area contributed by atoms with Crippen LogP contribution in [0.3, 0.4) is 0 Å². The van der Waals surface area contributed by atoms with Gasteiger partial charge in [-0.15, -0.1) is 0 Å². The Labute approximate surface area is 181 Å². The van der Waals surface area contributed by atoms with Gasteiger partial charge >= 0.3 is 0 Å². The van der Waals surface area contributed by atoms with Gasteiger partial charge in [-0.3, -0.25) is 0 Å². The van der Waals surface area contributed by atoms with Crippen LogP contribution in [0.1, 0.15) is 18.9 Å². The Balaban J connectivity index is 1.50. The van der Waals surface area contributed by atoms with Crippen LogP contribution in [-0.4, -0.2) is 6.54 Å². The van der Waals surface area contributed by atoms with Crippen molar-refractivity contribution in [2.75, 3.05) is 11.4 Å². The number of pyridine rings is 2. The van der Waals surface area contributed by atoms with Gasteiger partial charge in [0.2, 0.25) is 5.52 Å². The molecule has 2 aromatic heterocycles. The number of hydrogen-bond acceptors (Lipinski definition) is 2. The van der Waals surface area contributed by atoms with E-state index < -0.39 is 0 Å². The normalized spacial score (nSPS) is 14.8. The molecule has 0 atom stereocenters. The van der Waals surface area contributed by atoms with Crippen LogP contribution in [0.25, 0.3) is 16.5 Å². The third-order valence-electron chi connectivity index (χ3n) is 5.61. The summed E-state index contributed by atoms with van der Waals surface area (Å²) in [6.45, 7) is 4.27. The summed E-state index contributed by atoms with van der Waals surface area (Å²) in [5.41, 5.74) is 5.11. The van der Waals surface area contributed by atoms with E-state index in [2.05, 4.69) is 107 Å². The smallest absolute Gasteiger partial charge is 0.211 e. The van der Waals surface area contributed by atoms with Crippen molar-refractivity contribution >= 4 is 33.9 Å². The fourth-order valence-electron chi connectivity index (χ4n) is 4.12. The average molecular weight is 412 g/mol. The van der Waals surface area contributed by atoms with Gasteiger partial charge < -0.3 is 4.90 Å². The molecule has 5 rings (SSSR count). The van der Waals surface area contributed by atoms with E-state index in [-0.39, 0.29) is 0 Å². The number of fused-ring (bicyclic) bond motifs is 2. The lowest BCUT2D eigenvalue weighted by Crippen LogP contribution is -2.34. The van der Waals surface area contributed by atoms with Crippen LogP contribution in [-0.2, 0) is 6.54 Å². The van der Waals surface area contributed by atoms with Crippen molar-refractivity contribution < 1.29 is 9.55 Å². The lowest BCUT2D eigenvalue weighted by molar-refractivity contribution is -0.697. The first-order valence-corrected chi connectivity index (χ1v) is 11.2. The third kappa shape index (κ3) is 3.59. The van der Waals surface area contributed by atoms with Gasteiger partial charge in [0.05, 0.1) is 16.1 Å². The van der Waals surface area contributed by atoms with Gasteiger partial charge in [0.15, 0.2) is 18.6 Å². The molecule has 4 heteroatoms. The van der Waals surface area contributed by atoms with E-state index in [1.165, 1.54) is 37.7 Å². The van der Waals surface area contributed by atoms with Crippen molar-refractivity contribution in [3.63, 3.8) is 0 Å². The first-order valence-electron chi connectivity index (χ1n) is 10.4. The topological polar surface area (TPSA) is 21.3 Å². The lowest BCUT2D eigenvalue weighted by atomic mass is 10.0. The molecule has 0 fully saturated rings. The largest absolute Gasteiger partial charge is 0.335 e. The highest BCUT2D eigenvalue weighted by molar-refractivity contribution is 8.04. The van der Waals surface area contributed by atoms with E-state index in [1.807, 2.05) is 18.0 Å². The first-order chi connectivity index (χ1) is 14.8. The number of nitrogens with zero attached hydrogens (tertiary/aromatic N) is 2. The Hall–Kier alpha value is -3.11. The fraction of sp³-hybridized carbons (Fsp3) is 0.154. The minimum absolute atomic E-state index is 0.996. The Morgan fingerprint density at radius 1 is 0.933 bits per heavy atom. The zero-order valence-corrected chi connectivity index (χ0v) is 17.9. The minimum Gasteiger partial charge on any atom is -0.335 e. The Bertz CT molecular complexity index is 1210. The molecule has 0 aliphatic carbocycles. The van der Waals surface area contributed by atoms with Gasteiger partial charge in [0.25, 0.3) is 0 Å². The number of thioether (sulfide) groups is 1. The van der Waals surface area contributed by atoms with Crippen molar-refractivity contribution in [3.8, 4) is 0 Å². The van der Waals surface area contributed by atoms with E-state index in [4.69, 9.17) is 0 Å². The molecule has 0 spiro atoms. The van der Waals surface area contributed by atoms with Gasteiger partial charge in [-0.1, -0.05) is 42.1 Å². The van der Waals surface area contributed by atoms with Crippen LogP contribution in [0.4, 0.5) is 5.69 Å². The second-order valence-corrected chi connectivity index (χ2v) is 8.59. The Morgan fingerprint density at radius 2 is 1.73 bits per heavy atom. The molecule has 4 aromatic rings. The van der Waals surface area contributed by atoms with Crippen molar-refractivity contribution in [1.29, 1.82) is 0 Å². The average Bonchev–Trinajstić information content (AvgIpc) is 3.17. The molecular formula is C26H25N3S+2. The summed E-state index contributed by atoms with van der Waals surface area (Å²) in [6, 6.07) is 25.7. The number of para-hydroxylation sites is 2. The van der Waals surface area contributed by atoms with Crippen LogP contribution in [0, 0.1) is 0 Å². The number of hydrogen-bond donors (Lipinski definition) is 0. The van der Waals surface area contributed by atoms with E-state index in [0.717, 1.165) is 19.5 Å². The Kier molecular flexibility index (Phi) is 5.24. The summed E-state index contributed by atoms with van der Waals surface area (Å²) in [5, 5.41) is 2.60. The van der Waals surface area contributed by atoms with E-state index in [1.54, 1.807) is 0 Å². The predicted octanol–water partition coefficient (Wildman–Crippen LogP) is 5.33. The zero-order chi connectivity index (χ0) is 20.3. The number of aromatic nitrogens is 2. The Morgan fingerprint density at radius 3 is 2.63 bits per heavy atom. The summed E-state index contributed by atoms with van der Waals surface area (Å²) in [6.07, 6.45) is 7.41. The van der Waals surface area contributed by atoms with Gasteiger partial charge in [-0.2, -0.15) is 0 Å². The summed E-state index contributed by atoms with van der Waals surface area (Å²) in [7, 11) is 0. The SMILES string of the molecule is CC(=C1Sc2ccccc2N1CCC[n+]1ccccc1)c1cc[nH+]c2ccccc12. The quantitative estimate of drug-likeness (QED) is 0.414. The maximum absolute atomic E-state index is 3.37. The summed E-state index contributed by atoms with van der Waals surface area (Å²) in [4.78, 5) is 7.21. The molecule has 3 heterocycles. The van der Waals surface area contributed by atoms with Crippen molar-refractivity contribution in [2.45, 2.75) is 24.8 Å². The highest BCUT2D eigenvalue weighted by Gasteiger charge is 2.27. The van der Waals surface area contributed by atoms with Crippen molar-refractivity contribution in [3.05, 3.63) is 102 Å². The highest BCUT2D eigenvalue weighted by Crippen LogP contribution is 2.48. The second kappa shape index (κ2) is 8.33. The van der Waals surface area contributed by atoms with E-state index in [9.17, 15) is 0 Å².